The van der Waals surface area contributed by atoms with Crippen LogP contribution >= 0.6 is 11.8 Å². The summed E-state index contributed by atoms with van der Waals surface area (Å²) in [6, 6.07) is 9.94. The average molecular weight is 306 g/mol. The van der Waals surface area contributed by atoms with E-state index in [4.69, 9.17) is 0 Å². The van der Waals surface area contributed by atoms with E-state index in [0.29, 0.717) is 12.0 Å². The Kier molecular flexibility index (Phi) is 7.12. The van der Waals surface area contributed by atoms with Crippen LogP contribution in [0.3, 0.4) is 0 Å². The van der Waals surface area contributed by atoms with Crippen LogP contribution in [0.25, 0.3) is 0 Å². The van der Waals surface area contributed by atoms with E-state index in [2.05, 4.69) is 62.1 Å². The van der Waals surface area contributed by atoms with Crippen molar-refractivity contribution in [3.8, 4) is 0 Å². The minimum Gasteiger partial charge on any atom is -0.313 e. The van der Waals surface area contributed by atoms with Gasteiger partial charge in [-0.2, -0.15) is 0 Å². The van der Waals surface area contributed by atoms with Crippen molar-refractivity contribution in [1.82, 2.24) is 5.32 Å². The predicted molar refractivity (Wildman–Crippen MR) is 95.3 cm³/mol. The van der Waals surface area contributed by atoms with Crippen molar-refractivity contribution < 1.29 is 0 Å². The highest BCUT2D eigenvalue weighted by Crippen LogP contribution is 2.33. The molecule has 0 aromatic heterocycles. The van der Waals surface area contributed by atoms with Crippen LogP contribution in [0.15, 0.2) is 29.2 Å². The van der Waals surface area contributed by atoms with Gasteiger partial charge in [-0.3, -0.25) is 0 Å². The van der Waals surface area contributed by atoms with Crippen molar-refractivity contribution >= 4 is 11.8 Å². The second kappa shape index (κ2) is 8.85. The summed E-state index contributed by atoms with van der Waals surface area (Å²) in [4.78, 5) is 1.44. The van der Waals surface area contributed by atoms with Crippen molar-refractivity contribution in [3.05, 3.63) is 29.8 Å². The SMILES string of the molecule is CCNC1CCCCCCC1Sc1ccc(C(C)C)cc1. The van der Waals surface area contributed by atoms with Crippen molar-refractivity contribution in [2.45, 2.75) is 81.4 Å². The monoisotopic (exact) mass is 305 g/mol. The summed E-state index contributed by atoms with van der Waals surface area (Å²) in [5.41, 5.74) is 1.44. The van der Waals surface area contributed by atoms with E-state index in [9.17, 15) is 0 Å². The molecule has 0 amide bonds. The lowest BCUT2D eigenvalue weighted by atomic mass is 9.96. The van der Waals surface area contributed by atoms with Gasteiger partial charge >= 0.3 is 0 Å². The van der Waals surface area contributed by atoms with Gasteiger partial charge in [0.2, 0.25) is 0 Å². The minimum atomic E-state index is 0.625. The van der Waals surface area contributed by atoms with Crippen LogP contribution in [0.1, 0.15) is 70.8 Å². The van der Waals surface area contributed by atoms with Gasteiger partial charge in [0.1, 0.15) is 0 Å². The highest BCUT2D eigenvalue weighted by atomic mass is 32.2. The number of rotatable bonds is 5. The molecule has 2 heteroatoms. The molecule has 0 spiro atoms. The summed E-state index contributed by atoms with van der Waals surface area (Å²) in [6.07, 6.45) is 8.32. The molecule has 0 radical (unpaired) electrons. The first-order chi connectivity index (χ1) is 10.2. The van der Waals surface area contributed by atoms with Gasteiger partial charge in [0.25, 0.3) is 0 Å². The summed E-state index contributed by atoms with van der Waals surface area (Å²) < 4.78 is 0. The smallest absolute Gasteiger partial charge is 0.0248 e. The zero-order valence-corrected chi connectivity index (χ0v) is 14.7. The zero-order chi connectivity index (χ0) is 15.1. The Morgan fingerprint density at radius 2 is 1.71 bits per heavy atom. The Balaban J connectivity index is 2.02. The molecule has 1 aliphatic carbocycles. The summed E-state index contributed by atoms with van der Waals surface area (Å²) in [5.74, 6) is 0.625. The fraction of sp³-hybridized carbons (Fsp3) is 0.684. The Hall–Kier alpha value is -0.470. The maximum Gasteiger partial charge on any atom is 0.0248 e. The van der Waals surface area contributed by atoms with Crippen LogP contribution in [-0.2, 0) is 0 Å². The highest BCUT2D eigenvalue weighted by Gasteiger charge is 2.22. The van der Waals surface area contributed by atoms with Crippen LogP contribution in [0, 0.1) is 0 Å². The fourth-order valence-electron chi connectivity index (χ4n) is 3.19. The van der Waals surface area contributed by atoms with Gasteiger partial charge in [0, 0.05) is 16.2 Å². The van der Waals surface area contributed by atoms with Crippen molar-refractivity contribution in [3.63, 3.8) is 0 Å². The Morgan fingerprint density at radius 3 is 2.33 bits per heavy atom. The summed E-state index contributed by atoms with van der Waals surface area (Å²) in [7, 11) is 0. The molecule has 1 aromatic rings. The fourth-order valence-corrected chi connectivity index (χ4v) is 4.52. The van der Waals surface area contributed by atoms with Crippen LogP contribution in [0.2, 0.25) is 0 Å². The molecule has 0 heterocycles. The molecule has 1 aliphatic rings. The molecule has 0 saturated heterocycles. The highest BCUT2D eigenvalue weighted by molar-refractivity contribution is 8.00. The number of hydrogen-bond acceptors (Lipinski definition) is 2. The first-order valence-corrected chi connectivity index (χ1v) is 9.58. The topological polar surface area (TPSA) is 12.0 Å². The van der Waals surface area contributed by atoms with Crippen LogP contribution in [-0.4, -0.2) is 17.8 Å². The lowest BCUT2D eigenvalue weighted by molar-refractivity contribution is 0.406. The van der Waals surface area contributed by atoms with Gasteiger partial charge in [-0.05, 0) is 43.0 Å². The van der Waals surface area contributed by atoms with E-state index in [0.717, 1.165) is 11.8 Å². The Morgan fingerprint density at radius 1 is 1.05 bits per heavy atom. The second-order valence-electron chi connectivity index (χ2n) is 6.54. The van der Waals surface area contributed by atoms with Gasteiger partial charge in [0.05, 0.1) is 0 Å². The van der Waals surface area contributed by atoms with E-state index >= 15 is 0 Å². The molecular formula is C19H31NS. The molecule has 21 heavy (non-hydrogen) atoms. The minimum absolute atomic E-state index is 0.625. The summed E-state index contributed by atoms with van der Waals surface area (Å²) >= 11 is 2.09. The van der Waals surface area contributed by atoms with Crippen molar-refractivity contribution in [1.29, 1.82) is 0 Å². The lowest BCUT2D eigenvalue weighted by Gasteiger charge is -2.29. The third kappa shape index (κ3) is 5.34. The summed E-state index contributed by atoms with van der Waals surface area (Å²) in [5, 5.41) is 4.46. The number of nitrogens with one attached hydrogen (secondary N) is 1. The van der Waals surface area contributed by atoms with E-state index in [-0.39, 0.29) is 0 Å². The van der Waals surface area contributed by atoms with Crippen LogP contribution < -0.4 is 5.32 Å². The van der Waals surface area contributed by atoms with Gasteiger partial charge in [-0.15, -0.1) is 11.8 Å². The zero-order valence-electron chi connectivity index (χ0n) is 13.9. The first kappa shape index (κ1) is 16.9. The van der Waals surface area contributed by atoms with Gasteiger partial charge in [-0.25, -0.2) is 0 Å². The number of thioether (sulfide) groups is 1. The molecule has 0 aliphatic heterocycles. The third-order valence-corrected chi connectivity index (χ3v) is 5.91. The molecule has 118 valence electrons. The second-order valence-corrected chi connectivity index (χ2v) is 7.85. The van der Waals surface area contributed by atoms with Crippen LogP contribution in [0.4, 0.5) is 0 Å². The normalized spacial score (nSPS) is 23.8. The number of hydrogen-bond donors (Lipinski definition) is 1. The average Bonchev–Trinajstić information content (AvgIpc) is 2.46. The molecule has 0 bridgehead atoms. The number of benzene rings is 1. The van der Waals surface area contributed by atoms with E-state index in [1.165, 1.54) is 49.0 Å². The van der Waals surface area contributed by atoms with E-state index < -0.39 is 0 Å². The largest absolute Gasteiger partial charge is 0.313 e. The molecule has 1 saturated carbocycles. The first-order valence-electron chi connectivity index (χ1n) is 8.70. The van der Waals surface area contributed by atoms with Gasteiger partial charge in [-0.1, -0.05) is 58.6 Å². The van der Waals surface area contributed by atoms with Gasteiger partial charge in [0.15, 0.2) is 0 Å². The van der Waals surface area contributed by atoms with Gasteiger partial charge < -0.3 is 5.32 Å². The molecule has 2 atom stereocenters. The molecule has 1 nitrogen and oxygen atoms in total. The van der Waals surface area contributed by atoms with E-state index in [1.54, 1.807) is 0 Å². The van der Waals surface area contributed by atoms with Crippen molar-refractivity contribution in [2.24, 2.45) is 0 Å². The molecule has 1 aromatic carbocycles. The molecule has 1 N–H and O–H groups in total. The predicted octanol–water partition coefficient (Wildman–Crippen LogP) is 5.60. The maximum atomic E-state index is 3.73. The Bertz CT molecular complexity index is 399. The molecular weight excluding hydrogens is 274 g/mol. The maximum absolute atomic E-state index is 3.73. The quantitative estimate of drug-likeness (QED) is 0.759. The lowest BCUT2D eigenvalue weighted by Crippen LogP contribution is -2.38. The van der Waals surface area contributed by atoms with Crippen LogP contribution in [0.5, 0.6) is 0 Å². The molecule has 1 fully saturated rings. The van der Waals surface area contributed by atoms with E-state index in [1.807, 2.05) is 0 Å². The standard InChI is InChI=1S/C19H31NS/c1-4-20-18-9-7-5-6-8-10-19(18)21-17-13-11-16(12-14-17)15(2)3/h11-15,18-20H,4-10H2,1-3H3. The molecule has 2 rings (SSSR count). The summed E-state index contributed by atoms with van der Waals surface area (Å²) in [6.45, 7) is 7.85. The third-order valence-electron chi connectivity index (χ3n) is 4.50. The Labute approximate surface area is 135 Å². The van der Waals surface area contributed by atoms with Crippen molar-refractivity contribution in [2.75, 3.05) is 6.54 Å². The molecule has 2 unspecified atom stereocenters.